The average molecular weight is 390 g/mol. The highest BCUT2D eigenvalue weighted by atomic mass is 19.1. The fourth-order valence-electron chi connectivity index (χ4n) is 2.33. The molecule has 1 amide bonds. The van der Waals surface area contributed by atoms with Gasteiger partial charge in [-0.25, -0.2) is 13.5 Å². The van der Waals surface area contributed by atoms with E-state index in [4.69, 9.17) is 4.74 Å². The summed E-state index contributed by atoms with van der Waals surface area (Å²) < 4.78 is 34.8. The first-order chi connectivity index (χ1) is 13.4. The summed E-state index contributed by atoms with van der Waals surface area (Å²) in [6, 6.07) is 4.53. The van der Waals surface area contributed by atoms with E-state index < -0.39 is 17.5 Å². The molecule has 0 spiro atoms. The van der Waals surface area contributed by atoms with Crippen LogP contribution in [0.5, 0.6) is 5.75 Å². The number of nitrogens with one attached hydrogen (secondary N) is 1. The van der Waals surface area contributed by atoms with Crippen LogP contribution in [-0.4, -0.2) is 51.0 Å². The van der Waals surface area contributed by atoms with Crippen LogP contribution in [0.2, 0.25) is 0 Å². The molecule has 0 atom stereocenters. The zero-order valence-corrected chi connectivity index (χ0v) is 15.5. The number of amides is 1. The van der Waals surface area contributed by atoms with Crippen LogP contribution in [0.1, 0.15) is 10.5 Å². The van der Waals surface area contributed by atoms with Gasteiger partial charge in [0.05, 0.1) is 18.4 Å². The molecule has 148 valence electrons. The smallest absolute Gasteiger partial charge is 0.276 e. The number of halogens is 2. The van der Waals surface area contributed by atoms with E-state index in [0.29, 0.717) is 12.2 Å². The van der Waals surface area contributed by atoms with E-state index in [1.54, 1.807) is 17.1 Å². The van der Waals surface area contributed by atoms with E-state index in [0.717, 1.165) is 18.7 Å². The Balaban J connectivity index is 1.55. The van der Waals surface area contributed by atoms with Gasteiger partial charge in [-0.1, -0.05) is 0 Å². The van der Waals surface area contributed by atoms with Crippen molar-refractivity contribution >= 4 is 11.6 Å². The molecule has 0 aliphatic carbocycles. The van der Waals surface area contributed by atoms with Crippen molar-refractivity contribution in [2.75, 3.05) is 26.0 Å². The fourth-order valence-corrected chi connectivity index (χ4v) is 2.33. The van der Waals surface area contributed by atoms with Crippen molar-refractivity contribution in [1.82, 2.24) is 24.5 Å². The summed E-state index contributed by atoms with van der Waals surface area (Å²) in [6.07, 6.45) is 4.82. The van der Waals surface area contributed by atoms with Gasteiger partial charge in [0.2, 0.25) is 0 Å². The summed E-state index contributed by atoms with van der Waals surface area (Å²) in [4.78, 5) is 14.3. The molecule has 1 N–H and O–H groups in total. The monoisotopic (exact) mass is 390 g/mol. The summed E-state index contributed by atoms with van der Waals surface area (Å²) in [6.45, 7) is 1.40. The minimum Gasteiger partial charge on any atom is -0.468 e. The van der Waals surface area contributed by atoms with Gasteiger partial charge >= 0.3 is 0 Å². The van der Waals surface area contributed by atoms with Gasteiger partial charge in [0, 0.05) is 25.0 Å². The number of likely N-dealkylation sites (N-methyl/N-ethyl adjacent to an activating group) is 1. The second-order valence-electron chi connectivity index (χ2n) is 6.34. The summed E-state index contributed by atoms with van der Waals surface area (Å²) >= 11 is 0. The summed E-state index contributed by atoms with van der Waals surface area (Å²) in [5.74, 6) is -2.00. The number of hydrogen-bond acceptors (Lipinski definition) is 5. The highest BCUT2D eigenvalue weighted by Crippen LogP contribution is 2.18. The van der Waals surface area contributed by atoms with Gasteiger partial charge in [-0.05, 0) is 32.3 Å². The third kappa shape index (κ3) is 5.13. The van der Waals surface area contributed by atoms with E-state index in [1.807, 2.05) is 19.0 Å². The molecule has 2 aromatic heterocycles. The average Bonchev–Trinajstić information content (AvgIpc) is 3.28. The molecule has 1 aromatic carbocycles. The van der Waals surface area contributed by atoms with E-state index >= 15 is 0 Å². The minimum absolute atomic E-state index is 0.104. The zero-order valence-electron chi connectivity index (χ0n) is 15.5. The second-order valence-corrected chi connectivity index (χ2v) is 6.34. The Morgan fingerprint density at radius 2 is 2.07 bits per heavy atom. The van der Waals surface area contributed by atoms with Crippen LogP contribution >= 0.6 is 0 Å². The largest absolute Gasteiger partial charge is 0.468 e. The van der Waals surface area contributed by atoms with Crippen molar-refractivity contribution in [3.63, 3.8) is 0 Å². The Morgan fingerprint density at radius 3 is 2.82 bits per heavy atom. The molecule has 8 nitrogen and oxygen atoms in total. The standard InChI is InChI=1S/C18H20F2N6O2/c1-24(2)7-8-25-11-14(10-21-25)22-18(27)16-5-6-26(23-16)12-28-17-4-3-13(19)9-15(17)20/h3-6,9-11H,7-8,12H2,1-2H3,(H,22,27). The van der Waals surface area contributed by atoms with Crippen LogP contribution in [0, 0.1) is 11.6 Å². The highest BCUT2D eigenvalue weighted by Gasteiger charge is 2.12. The first-order valence-electron chi connectivity index (χ1n) is 8.50. The number of anilines is 1. The third-order valence-electron chi connectivity index (χ3n) is 3.79. The van der Waals surface area contributed by atoms with Crippen LogP contribution in [0.25, 0.3) is 0 Å². The topological polar surface area (TPSA) is 77.2 Å². The molecule has 0 bridgehead atoms. The van der Waals surface area contributed by atoms with E-state index in [1.165, 1.54) is 23.0 Å². The molecule has 0 radical (unpaired) electrons. The Labute approximate surface area is 160 Å². The van der Waals surface area contributed by atoms with Crippen molar-refractivity contribution < 1.29 is 18.3 Å². The predicted octanol–water partition coefficient (Wildman–Crippen LogP) is 2.21. The molecule has 10 heteroatoms. The molecule has 0 aliphatic rings. The number of carbonyl (C=O) groups is 1. The molecule has 0 unspecified atom stereocenters. The molecular weight excluding hydrogens is 370 g/mol. The molecule has 28 heavy (non-hydrogen) atoms. The molecule has 3 aromatic rings. The molecule has 0 aliphatic heterocycles. The Morgan fingerprint density at radius 1 is 1.25 bits per heavy atom. The SMILES string of the molecule is CN(C)CCn1cc(NC(=O)c2ccn(COc3ccc(F)cc3F)n2)cn1. The number of hydrogen-bond donors (Lipinski definition) is 1. The van der Waals surface area contributed by atoms with Crippen LogP contribution < -0.4 is 10.1 Å². The number of ether oxygens (including phenoxy) is 1. The lowest BCUT2D eigenvalue weighted by molar-refractivity contribution is 0.102. The maximum Gasteiger partial charge on any atom is 0.276 e. The van der Waals surface area contributed by atoms with E-state index in [9.17, 15) is 13.6 Å². The lowest BCUT2D eigenvalue weighted by Crippen LogP contribution is -2.18. The van der Waals surface area contributed by atoms with Gasteiger partial charge in [0.25, 0.3) is 5.91 Å². The molecule has 0 saturated heterocycles. The number of aromatic nitrogens is 4. The lowest BCUT2D eigenvalue weighted by atomic mass is 10.3. The van der Waals surface area contributed by atoms with Gasteiger partial charge < -0.3 is 15.0 Å². The number of carbonyl (C=O) groups excluding carboxylic acids is 1. The van der Waals surface area contributed by atoms with Crippen molar-refractivity contribution in [3.8, 4) is 5.75 Å². The van der Waals surface area contributed by atoms with Crippen molar-refractivity contribution in [2.45, 2.75) is 13.3 Å². The quantitative estimate of drug-likeness (QED) is 0.638. The highest BCUT2D eigenvalue weighted by molar-refractivity contribution is 6.02. The normalized spacial score (nSPS) is 11.0. The van der Waals surface area contributed by atoms with Crippen LogP contribution in [0.15, 0.2) is 42.9 Å². The van der Waals surface area contributed by atoms with E-state index in [-0.39, 0.29) is 18.2 Å². The number of rotatable bonds is 8. The number of benzene rings is 1. The summed E-state index contributed by atoms with van der Waals surface area (Å²) in [5, 5.41) is 11.0. The zero-order chi connectivity index (χ0) is 20.1. The molecule has 3 rings (SSSR count). The van der Waals surface area contributed by atoms with Gasteiger partial charge in [0.1, 0.15) is 5.82 Å². The Kier molecular flexibility index (Phi) is 5.99. The van der Waals surface area contributed by atoms with Crippen molar-refractivity contribution in [3.05, 3.63) is 60.2 Å². The maximum atomic E-state index is 13.6. The molecule has 2 heterocycles. The van der Waals surface area contributed by atoms with Gasteiger partial charge in [0.15, 0.2) is 24.0 Å². The second kappa shape index (κ2) is 8.61. The first-order valence-corrected chi connectivity index (χ1v) is 8.50. The maximum absolute atomic E-state index is 13.6. The van der Waals surface area contributed by atoms with E-state index in [2.05, 4.69) is 15.5 Å². The van der Waals surface area contributed by atoms with Gasteiger partial charge in [-0.2, -0.15) is 10.2 Å². The molecule has 0 fully saturated rings. The van der Waals surface area contributed by atoms with Crippen LogP contribution in [0.4, 0.5) is 14.5 Å². The minimum atomic E-state index is -0.809. The van der Waals surface area contributed by atoms with Crippen molar-refractivity contribution in [1.29, 1.82) is 0 Å². The predicted molar refractivity (Wildman–Crippen MR) is 97.9 cm³/mol. The number of nitrogens with zero attached hydrogens (tertiary/aromatic N) is 5. The Bertz CT molecular complexity index is 953. The molecular formula is C18H20F2N6O2. The van der Waals surface area contributed by atoms with Gasteiger partial charge in [-0.15, -0.1) is 0 Å². The third-order valence-corrected chi connectivity index (χ3v) is 3.79. The Hall–Kier alpha value is -3.27. The first kappa shape index (κ1) is 19.5. The van der Waals surface area contributed by atoms with Crippen molar-refractivity contribution in [2.24, 2.45) is 0 Å². The lowest BCUT2D eigenvalue weighted by Gasteiger charge is -2.08. The van der Waals surface area contributed by atoms with Gasteiger partial charge in [-0.3, -0.25) is 9.48 Å². The molecule has 0 saturated carbocycles. The van der Waals surface area contributed by atoms with Crippen LogP contribution in [-0.2, 0) is 13.3 Å². The fraction of sp³-hybridized carbons (Fsp3) is 0.278. The summed E-state index contributed by atoms with van der Waals surface area (Å²) in [7, 11) is 3.94. The summed E-state index contributed by atoms with van der Waals surface area (Å²) in [5.41, 5.74) is 0.729. The van der Waals surface area contributed by atoms with Crippen LogP contribution in [0.3, 0.4) is 0 Å².